The number of hydrogen-bond acceptors (Lipinski definition) is 2. The summed E-state index contributed by atoms with van der Waals surface area (Å²) in [6.45, 7) is 0. The smallest absolute Gasteiger partial charge is 0.116 e. The van der Waals surface area contributed by atoms with Crippen LogP contribution in [-0.4, -0.2) is 5.11 Å². The number of phenols is 1. The minimum atomic E-state index is 0.134. The van der Waals surface area contributed by atoms with Crippen molar-refractivity contribution in [1.29, 1.82) is 0 Å². The van der Waals surface area contributed by atoms with Gasteiger partial charge < -0.3 is 10.8 Å². The number of phenolic OH excluding ortho intramolecular Hbond substituents is 1. The Morgan fingerprint density at radius 1 is 1.50 bits per heavy atom. The molecule has 0 heterocycles. The largest absolute Gasteiger partial charge is 0.508 e. The van der Waals surface area contributed by atoms with Crippen molar-refractivity contribution in [3.8, 4) is 5.75 Å². The average Bonchev–Trinajstić information content (AvgIpc) is 2.87. The molecule has 1 atom stereocenters. The van der Waals surface area contributed by atoms with Gasteiger partial charge in [0.1, 0.15) is 5.75 Å². The first kappa shape index (κ1) is 10.2. The van der Waals surface area contributed by atoms with Crippen LogP contribution in [0, 0.1) is 9.49 Å². The monoisotopic (exact) mass is 303 g/mol. The van der Waals surface area contributed by atoms with Gasteiger partial charge >= 0.3 is 0 Å². The molecule has 76 valence electrons. The van der Waals surface area contributed by atoms with Crippen molar-refractivity contribution in [3.63, 3.8) is 0 Å². The summed E-state index contributed by atoms with van der Waals surface area (Å²) in [6.07, 6.45) is 3.76. The fourth-order valence-electron chi connectivity index (χ4n) is 1.66. The third-order valence-electron chi connectivity index (χ3n) is 2.67. The summed E-state index contributed by atoms with van der Waals surface area (Å²) in [5.74, 6) is 1.16. The Morgan fingerprint density at radius 2 is 2.21 bits per heavy atom. The molecule has 3 heteroatoms. The first-order valence-corrected chi connectivity index (χ1v) is 5.98. The van der Waals surface area contributed by atoms with Gasteiger partial charge in [0, 0.05) is 9.61 Å². The molecule has 0 aromatic heterocycles. The molecule has 0 spiro atoms. The van der Waals surface area contributed by atoms with E-state index < -0.39 is 0 Å². The number of benzene rings is 1. The molecule has 1 aliphatic carbocycles. The standard InChI is InChI=1S/C11H14INO/c12-10-6-8(14)3-4-9(10)11(13)5-7-1-2-7/h3-4,6-7,11,14H,1-2,5,13H2. The third-order valence-corrected chi connectivity index (χ3v) is 3.60. The molecule has 0 amide bonds. The van der Waals surface area contributed by atoms with Crippen LogP contribution in [0.25, 0.3) is 0 Å². The van der Waals surface area contributed by atoms with Crippen LogP contribution < -0.4 is 5.73 Å². The molecule has 1 fully saturated rings. The predicted molar refractivity (Wildman–Crippen MR) is 65.1 cm³/mol. The Balaban J connectivity index is 2.13. The van der Waals surface area contributed by atoms with E-state index in [1.807, 2.05) is 6.07 Å². The minimum Gasteiger partial charge on any atom is -0.508 e. The minimum absolute atomic E-state index is 0.134. The molecular weight excluding hydrogens is 289 g/mol. The van der Waals surface area contributed by atoms with E-state index in [-0.39, 0.29) is 6.04 Å². The van der Waals surface area contributed by atoms with Crippen molar-refractivity contribution in [2.45, 2.75) is 25.3 Å². The molecule has 2 nitrogen and oxygen atoms in total. The first-order chi connectivity index (χ1) is 6.66. The van der Waals surface area contributed by atoms with Crippen molar-refractivity contribution < 1.29 is 5.11 Å². The second-order valence-corrected chi connectivity index (χ2v) is 5.15. The van der Waals surface area contributed by atoms with Gasteiger partial charge in [0.15, 0.2) is 0 Å². The van der Waals surface area contributed by atoms with Gasteiger partial charge in [-0.05, 0) is 52.6 Å². The molecular formula is C11H14INO. The number of rotatable bonds is 3. The van der Waals surface area contributed by atoms with Crippen molar-refractivity contribution >= 4 is 22.6 Å². The van der Waals surface area contributed by atoms with E-state index in [0.29, 0.717) is 5.75 Å². The van der Waals surface area contributed by atoms with Crippen LogP contribution in [0.4, 0.5) is 0 Å². The van der Waals surface area contributed by atoms with Crippen LogP contribution in [0.3, 0.4) is 0 Å². The van der Waals surface area contributed by atoms with Crippen LogP contribution in [0.5, 0.6) is 5.75 Å². The van der Waals surface area contributed by atoms with E-state index in [9.17, 15) is 5.11 Å². The lowest BCUT2D eigenvalue weighted by Crippen LogP contribution is -2.12. The van der Waals surface area contributed by atoms with Gasteiger partial charge in [-0.3, -0.25) is 0 Å². The lowest BCUT2D eigenvalue weighted by atomic mass is 10.0. The predicted octanol–water partition coefficient (Wildman–Crippen LogP) is 2.80. The van der Waals surface area contributed by atoms with Crippen molar-refractivity contribution in [3.05, 3.63) is 27.3 Å². The summed E-state index contributed by atoms with van der Waals surface area (Å²) >= 11 is 2.23. The van der Waals surface area contributed by atoms with Gasteiger partial charge in [-0.2, -0.15) is 0 Å². The van der Waals surface area contributed by atoms with E-state index in [0.717, 1.165) is 21.5 Å². The maximum Gasteiger partial charge on any atom is 0.116 e. The van der Waals surface area contributed by atoms with E-state index in [1.54, 1.807) is 12.1 Å². The van der Waals surface area contributed by atoms with Gasteiger partial charge in [-0.25, -0.2) is 0 Å². The highest BCUT2D eigenvalue weighted by molar-refractivity contribution is 14.1. The SMILES string of the molecule is NC(CC1CC1)c1ccc(O)cc1I. The number of hydrogen-bond donors (Lipinski definition) is 2. The average molecular weight is 303 g/mol. The summed E-state index contributed by atoms with van der Waals surface area (Å²) in [7, 11) is 0. The van der Waals surface area contributed by atoms with Crippen LogP contribution >= 0.6 is 22.6 Å². The lowest BCUT2D eigenvalue weighted by Gasteiger charge is -2.13. The Bertz CT molecular complexity index is 336. The fraction of sp³-hybridized carbons (Fsp3) is 0.455. The Hall–Kier alpha value is -0.290. The van der Waals surface area contributed by atoms with Crippen molar-refractivity contribution in [2.24, 2.45) is 11.7 Å². The van der Waals surface area contributed by atoms with Gasteiger partial charge in [0.25, 0.3) is 0 Å². The highest BCUT2D eigenvalue weighted by atomic mass is 127. The van der Waals surface area contributed by atoms with E-state index in [2.05, 4.69) is 22.6 Å². The summed E-state index contributed by atoms with van der Waals surface area (Å²) in [4.78, 5) is 0. The highest BCUT2D eigenvalue weighted by Gasteiger charge is 2.25. The summed E-state index contributed by atoms with van der Waals surface area (Å²) in [5, 5.41) is 9.27. The number of nitrogens with two attached hydrogens (primary N) is 1. The molecule has 1 aliphatic rings. The van der Waals surface area contributed by atoms with E-state index >= 15 is 0 Å². The summed E-state index contributed by atoms with van der Waals surface area (Å²) < 4.78 is 1.07. The maximum atomic E-state index is 9.27. The zero-order valence-corrected chi connectivity index (χ0v) is 10.1. The van der Waals surface area contributed by atoms with Crippen LogP contribution in [0.15, 0.2) is 18.2 Å². The quantitative estimate of drug-likeness (QED) is 0.844. The molecule has 0 aliphatic heterocycles. The van der Waals surface area contributed by atoms with Gasteiger partial charge in [0.2, 0.25) is 0 Å². The summed E-state index contributed by atoms with van der Waals surface area (Å²) in [6, 6.07) is 5.55. The second-order valence-electron chi connectivity index (χ2n) is 3.99. The van der Waals surface area contributed by atoms with Gasteiger partial charge in [-0.15, -0.1) is 0 Å². The second kappa shape index (κ2) is 4.06. The molecule has 1 saturated carbocycles. The number of aromatic hydroxyl groups is 1. The molecule has 0 saturated heterocycles. The molecule has 2 rings (SSSR count). The van der Waals surface area contributed by atoms with Crippen LogP contribution in [0.1, 0.15) is 30.9 Å². The number of halogens is 1. The summed E-state index contributed by atoms with van der Waals surface area (Å²) in [5.41, 5.74) is 7.26. The van der Waals surface area contributed by atoms with E-state index in [1.165, 1.54) is 12.8 Å². The first-order valence-electron chi connectivity index (χ1n) is 4.91. The normalized spacial score (nSPS) is 18.1. The lowest BCUT2D eigenvalue weighted by molar-refractivity contribution is 0.474. The highest BCUT2D eigenvalue weighted by Crippen LogP contribution is 2.37. The van der Waals surface area contributed by atoms with Gasteiger partial charge in [0.05, 0.1) is 0 Å². The topological polar surface area (TPSA) is 46.2 Å². The fourth-order valence-corrected chi connectivity index (χ4v) is 2.56. The zero-order chi connectivity index (χ0) is 10.1. The van der Waals surface area contributed by atoms with Crippen LogP contribution in [-0.2, 0) is 0 Å². The Labute approximate surface area is 97.6 Å². The Morgan fingerprint density at radius 3 is 2.79 bits per heavy atom. The molecule has 3 N–H and O–H groups in total. The van der Waals surface area contributed by atoms with Gasteiger partial charge in [-0.1, -0.05) is 18.9 Å². The molecule has 1 aromatic rings. The zero-order valence-electron chi connectivity index (χ0n) is 7.91. The molecule has 1 aromatic carbocycles. The molecule has 0 radical (unpaired) electrons. The molecule has 14 heavy (non-hydrogen) atoms. The van der Waals surface area contributed by atoms with Crippen LogP contribution in [0.2, 0.25) is 0 Å². The molecule has 1 unspecified atom stereocenters. The van der Waals surface area contributed by atoms with Crippen molar-refractivity contribution in [2.75, 3.05) is 0 Å². The maximum absolute atomic E-state index is 9.27. The third kappa shape index (κ3) is 2.39. The van der Waals surface area contributed by atoms with Crippen molar-refractivity contribution in [1.82, 2.24) is 0 Å². The molecule has 0 bridgehead atoms. The Kier molecular flexibility index (Phi) is 2.97. The van der Waals surface area contributed by atoms with E-state index in [4.69, 9.17) is 5.73 Å².